The van der Waals surface area contributed by atoms with Gasteiger partial charge in [-0.1, -0.05) is 0 Å². The molecule has 28 heavy (non-hydrogen) atoms. The van der Waals surface area contributed by atoms with Crippen LogP contribution in [-0.4, -0.2) is 50.3 Å². The van der Waals surface area contributed by atoms with E-state index in [4.69, 9.17) is 9.15 Å². The molecule has 8 heteroatoms. The number of amides is 1. The first-order valence-corrected chi connectivity index (χ1v) is 9.43. The standard InChI is InChI=1S/C20H23N5O3/c1-14-6-3-4-10-24(14)19(26)15-12-22-25(17(15)13-27-2)20-21-9-8-16(23-20)18-7-5-11-28-18/h5,7-9,11-12,14H,3-4,6,10,13H2,1-2H3/t14-/m0/s1. The van der Waals surface area contributed by atoms with E-state index in [0.717, 1.165) is 25.8 Å². The first kappa shape index (κ1) is 18.4. The predicted molar refractivity (Wildman–Crippen MR) is 102 cm³/mol. The highest BCUT2D eigenvalue weighted by molar-refractivity contribution is 5.95. The van der Waals surface area contributed by atoms with Gasteiger partial charge in [-0.25, -0.2) is 9.97 Å². The summed E-state index contributed by atoms with van der Waals surface area (Å²) in [5.41, 5.74) is 1.82. The normalized spacial score (nSPS) is 17.1. The molecule has 0 aromatic carbocycles. The van der Waals surface area contributed by atoms with Crippen molar-refractivity contribution in [2.75, 3.05) is 13.7 Å². The van der Waals surface area contributed by atoms with Crippen molar-refractivity contribution in [1.29, 1.82) is 0 Å². The maximum atomic E-state index is 13.2. The highest BCUT2D eigenvalue weighted by Crippen LogP contribution is 2.23. The van der Waals surface area contributed by atoms with Crippen LogP contribution in [0, 0.1) is 0 Å². The van der Waals surface area contributed by atoms with Crippen molar-refractivity contribution in [2.24, 2.45) is 0 Å². The number of piperidine rings is 1. The summed E-state index contributed by atoms with van der Waals surface area (Å²) in [6.45, 7) is 3.09. The average molecular weight is 381 g/mol. The number of ether oxygens (including phenoxy) is 1. The number of carbonyl (C=O) groups excluding carboxylic acids is 1. The van der Waals surface area contributed by atoms with Crippen molar-refractivity contribution in [3.05, 3.63) is 48.1 Å². The van der Waals surface area contributed by atoms with E-state index in [1.165, 1.54) is 0 Å². The van der Waals surface area contributed by atoms with Crippen LogP contribution in [0.5, 0.6) is 0 Å². The third kappa shape index (κ3) is 3.43. The lowest BCUT2D eigenvalue weighted by atomic mass is 10.0. The zero-order chi connectivity index (χ0) is 19.5. The number of nitrogens with zero attached hydrogens (tertiary/aromatic N) is 5. The summed E-state index contributed by atoms with van der Waals surface area (Å²) in [6, 6.07) is 5.62. The third-order valence-electron chi connectivity index (χ3n) is 5.05. The summed E-state index contributed by atoms with van der Waals surface area (Å²) in [5.74, 6) is 0.988. The molecule has 1 aliphatic heterocycles. The Kier molecular flexibility index (Phi) is 5.21. The Bertz CT molecular complexity index is 951. The number of hydrogen-bond donors (Lipinski definition) is 0. The quantitative estimate of drug-likeness (QED) is 0.675. The molecule has 0 unspecified atom stereocenters. The summed E-state index contributed by atoms with van der Waals surface area (Å²) in [7, 11) is 1.59. The van der Waals surface area contributed by atoms with Gasteiger partial charge in [0.05, 0.1) is 30.3 Å². The molecule has 1 aliphatic rings. The summed E-state index contributed by atoms with van der Waals surface area (Å²) < 4.78 is 12.3. The van der Waals surface area contributed by atoms with E-state index in [0.29, 0.717) is 28.7 Å². The Labute approximate surface area is 163 Å². The van der Waals surface area contributed by atoms with E-state index >= 15 is 0 Å². The predicted octanol–water partition coefficient (Wildman–Crippen LogP) is 3.08. The second kappa shape index (κ2) is 7.93. The number of carbonyl (C=O) groups is 1. The lowest BCUT2D eigenvalue weighted by Gasteiger charge is -2.33. The number of rotatable bonds is 5. The number of methoxy groups -OCH3 is 1. The molecule has 4 heterocycles. The average Bonchev–Trinajstić information content (AvgIpc) is 3.39. The van der Waals surface area contributed by atoms with Crippen LogP contribution >= 0.6 is 0 Å². The molecule has 0 N–H and O–H groups in total. The van der Waals surface area contributed by atoms with Gasteiger partial charge in [-0.15, -0.1) is 0 Å². The molecule has 146 valence electrons. The second-order valence-corrected chi connectivity index (χ2v) is 6.91. The van der Waals surface area contributed by atoms with Gasteiger partial charge in [-0.3, -0.25) is 4.79 Å². The molecule has 0 saturated carbocycles. The molecule has 0 radical (unpaired) electrons. The van der Waals surface area contributed by atoms with Crippen molar-refractivity contribution in [3.8, 4) is 17.4 Å². The Morgan fingerprint density at radius 2 is 2.25 bits per heavy atom. The van der Waals surface area contributed by atoms with Gasteiger partial charge in [0.1, 0.15) is 5.69 Å². The van der Waals surface area contributed by atoms with E-state index in [2.05, 4.69) is 22.0 Å². The summed E-state index contributed by atoms with van der Waals surface area (Å²) in [6.07, 6.45) is 8.03. The molecular weight excluding hydrogens is 358 g/mol. The third-order valence-corrected chi connectivity index (χ3v) is 5.05. The SMILES string of the molecule is COCc1c(C(=O)N2CCCC[C@@H]2C)cnn1-c1nccc(-c2ccco2)n1. The van der Waals surface area contributed by atoms with Gasteiger partial charge in [-0.2, -0.15) is 9.78 Å². The second-order valence-electron chi connectivity index (χ2n) is 6.91. The molecule has 1 saturated heterocycles. The van der Waals surface area contributed by atoms with E-state index < -0.39 is 0 Å². The molecule has 1 atom stereocenters. The van der Waals surface area contributed by atoms with Crippen LogP contribution in [0.4, 0.5) is 0 Å². The number of likely N-dealkylation sites (tertiary alicyclic amines) is 1. The highest BCUT2D eigenvalue weighted by Gasteiger charge is 2.28. The van der Waals surface area contributed by atoms with Gasteiger partial charge in [0.2, 0.25) is 0 Å². The summed E-state index contributed by atoms with van der Waals surface area (Å²) in [4.78, 5) is 24.0. The van der Waals surface area contributed by atoms with Crippen LogP contribution in [0.1, 0.15) is 42.2 Å². The van der Waals surface area contributed by atoms with Crippen molar-refractivity contribution in [3.63, 3.8) is 0 Å². The minimum absolute atomic E-state index is 0.0207. The first-order chi connectivity index (χ1) is 13.7. The molecule has 4 rings (SSSR count). The lowest BCUT2D eigenvalue weighted by molar-refractivity contribution is 0.0630. The minimum atomic E-state index is -0.0207. The van der Waals surface area contributed by atoms with Gasteiger partial charge >= 0.3 is 0 Å². The molecule has 0 spiro atoms. The number of furan rings is 1. The Hall–Kier alpha value is -3.00. The Balaban J connectivity index is 1.71. The van der Waals surface area contributed by atoms with Crippen molar-refractivity contribution in [1.82, 2.24) is 24.6 Å². The monoisotopic (exact) mass is 381 g/mol. The van der Waals surface area contributed by atoms with E-state index in [1.807, 2.05) is 11.0 Å². The molecule has 8 nitrogen and oxygen atoms in total. The zero-order valence-electron chi connectivity index (χ0n) is 16.0. The zero-order valence-corrected chi connectivity index (χ0v) is 16.0. The topological polar surface area (TPSA) is 86.3 Å². The fraction of sp³-hybridized carbons (Fsp3) is 0.400. The van der Waals surface area contributed by atoms with E-state index in [-0.39, 0.29) is 18.6 Å². The van der Waals surface area contributed by atoms with Crippen LogP contribution in [0.15, 0.2) is 41.3 Å². The van der Waals surface area contributed by atoms with Crippen LogP contribution < -0.4 is 0 Å². The fourth-order valence-electron chi connectivity index (χ4n) is 3.57. The first-order valence-electron chi connectivity index (χ1n) is 9.43. The van der Waals surface area contributed by atoms with E-state index in [1.54, 1.807) is 42.6 Å². The largest absolute Gasteiger partial charge is 0.463 e. The smallest absolute Gasteiger partial charge is 0.257 e. The molecule has 1 amide bonds. The lowest BCUT2D eigenvalue weighted by Crippen LogP contribution is -2.42. The number of hydrogen-bond acceptors (Lipinski definition) is 6. The summed E-state index contributed by atoms with van der Waals surface area (Å²) in [5, 5.41) is 4.40. The maximum absolute atomic E-state index is 13.2. The molecule has 1 fully saturated rings. The van der Waals surface area contributed by atoms with Gasteiger partial charge < -0.3 is 14.1 Å². The minimum Gasteiger partial charge on any atom is -0.463 e. The van der Waals surface area contributed by atoms with Gasteiger partial charge in [0.25, 0.3) is 11.9 Å². The van der Waals surface area contributed by atoms with Gasteiger partial charge in [0, 0.05) is 25.9 Å². The van der Waals surface area contributed by atoms with Gasteiger partial charge in [0.15, 0.2) is 5.76 Å². The highest BCUT2D eigenvalue weighted by atomic mass is 16.5. The maximum Gasteiger partial charge on any atom is 0.257 e. The van der Waals surface area contributed by atoms with E-state index in [9.17, 15) is 4.79 Å². The van der Waals surface area contributed by atoms with Crippen LogP contribution in [0.2, 0.25) is 0 Å². The molecule has 3 aromatic rings. The Morgan fingerprint density at radius 3 is 3.00 bits per heavy atom. The van der Waals surface area contributed by atoms with Crippen molar-refractivity contribution in [2.45, 2.75) is 38.8 Å². The summed E-state index contributed by atoms with van der Waals surface area (Å²) >= 11 is 0. The van der Waals surface area contributed by atoms with Crippen LogP contribution in [0.3, 0.4) is 0 Å². The fourth-order valence-corrected chi connectivity index (χ4v) is 3.57. The molecule has 0 aliphatic carbocycles. The Morgan fingerprint density at radius 1 is 1.36 bits per heavy atom. The van der Waals surface area contributed by atoms with Crippen molar-refractivity contribution >= 4 is 5.91 Å². The van der Waals surface area contributed by atoms with Crippen LogP contribution in [0.25, 0.3) is 17.4 Å². The van der Waals surface area contributed by atoms with Crippen molar-refractivity contribution < 1.29 is 13.9 Å². The molecule has 3 aromatic heterocycles. The van der Waals surface area contributed by atoms with Gasteiger partial charge in [-0.05, 0) is 44.4 Å². The van der Waals surface area contributed by atoms with Crippen LogP contribution in [-0.2, 0) is 11.3 Å². The number of aromatic nitrogens is 4. The molecule has 0 bridgehead atoms. The molecular formula is C20H23N5O3.